The fraction of sp³-hybridized carbons (Fsp3) is 0.818. The van der Waals surface area contributed by atoms with Gasteiger partial charge in [0.2, 0.25) is 5.91 Å². The second-order valence-electron chi connectivity index (χ2n) is 4.32. The Kier molecular flexibility index (Phi) is 6.75. The smallest absolute Gasteiger partial charge is 0.305 e. The topological polar surface area (TPSA) is 66.4 Å². The summed E-state index contributed by atoms with van der Waals surface area (Å²) in [7, 11) is 0. The maximum Gasteiger partial charge on any atom is 0.305 e. The van der Waals surface area contributed by atoms with E-state index in [1.165, 1.54) is 6.92 Å². The molecule has 4 heteroatoms. The molecule has 0 fully saturated rings. The molecule has 0 bridgehead atoms. The molecule has 0 radical (unpaired) electrons. The highest BCUT2D eigenvalue weighted by Crippen LogP contribution is 2.10. The van der Waals surface area contributed by atoms with Crippen LogP contribution >= 0.6 is 0 Å². The Morgan fingerprint density at radius 2 is 1.87 bits per heavy atom. The molecule has 0 saturated heterocycles. The third-order valence-electron chi connectivity index (χ3n) is 2.16. The number of amides is 1. The van der Waals surface area contributed by atoms with Gasteiger partial charge in [-0.05, 0) is 12.3 Å². The number of aliphatic carboxylic acids is 1. The number of hydrogen-bond acceptors (Lipinski definition) is 2. The summed E-state index contributed by atoms with van der Waals surface area (Å²) in [5.41, 5.74) is 0. The Morgan fingerprint density at radius 3 is 2.27 bits per heavy atom. The highest BCUT2D eigenvalue weighted by molar-refractivity contribution is 5.74. The van der Waals surface area contributed by atoms with Crippen molar-refractivity contribution in [2.75, 3.05) is 0 Å². The summed E-state index contributed by atoms with van der Waals surface area (Å²) in [5, 5.41) is 11.3. The second-order valence-corrected chi connectivity index (χ2v) is 4.32. The lowest BCUT2D eigenvalue weighted by Crippen LogP contribution is -2.34. The zero-order valence-electron chi connectivity index (χ0n) is 9.75. The molecule has 2 N–H and O–H groups in total. The standard InChI is InChI=1S/C11H21NO3/c1-8(2)5-4-6-10(7-11(14)15)12-9(3)13/h8,10H,4-7H2,1-3H3,(H,12,13)(H,14,15). The SMILES string of the molecule is CC(=O)NC(CCCC(C)C)CC(=O)O. The van der Waals surface area contributed by atoms with Crippen LogP contribution in [0.25, 0.3) is 0 Å². The molecule has 0 aliphatic carbocycles. The molecule has 0 spiro atoms. The van der Waals surface area contributed by atoms with E-state index in [4.69, 9.17) is 5.11 Å². The number of carbonyl (C=O) groups is 2. The number of carboxylic acids is 1. The van der Waals surface area contributed by atoms with Crippen LogP contribution in [-0.2, 0) is 9.59 Å². The zero-order chi connectivity index (χ0) is 11.8. The van der Waals surface area contributed by atoms with Gasteiger partial charge in [0.15, 0.2) is 0 Å². The summed E-state index contributed by atoms with van der Waals surface area (Å²) in [4.78, 5) is 21.4. The first-order chi connectivity index (χ1) is 6.91. The van der Waals surface area contributed by atoms with Gasteiger partial charge in [0.1, 0.15) is 0 Å². The Hall–Kier alpha value is -1.06. The van der Waals surface area contributed by atoms with Gasteiger partial charge in [-0.3, -0.25) is 9.59 Å². The minimum Gasteiger partial charge on any atom is -0.481 e. The largest absolute Gasteiger partial charge is 0.481 e. The summed E-state index contributed by atoms with van der Waals surface area (Å²) in [6.45, 7) is 5.67. The zero-order valence-corrected chi connectivity index (χ0v) is 9.75. The molecule has 0 aromatic rings. The van der Waals surface area contributed by atoms with E-state index in [1.54, 1.807) is 0 Å². The molecule has 0 heterocycles. The molecule has 0 saturated carbocycles. The van der Waals surface area contributed by atoms with Crippen molar-refractivity contribution in [2.45, 2.75) is 52.5 Å². The van der Waals surface area contributed by atoms with E-state index in [0.29, 0.717) is 5.92 Å². The second kappa shape index (κ2) is 7.26. The number of hydrogen-bond donors (Lipinski definition) is 2. The highest BCUT2D eigenvalue weighted by Gasteiger charge is 2.13. The van der Waals surface area contributed by atoms with E-state index >= 15 is 0 Å². The molecule has 88 valence electrons. The van der Waals surface area contributed by atoms with Crippen LogP contribution in [0.4, 0.5) is 0 Å². The van der Waals surface area contributed by atoms with Crippen molar-refractivity contribution in [3.8, 4) is 0 Å². The quantitative estimate of drug-likeness (QED) is 0.680. The van der Waals surface area contributed by atoms with Crippen molar-refractivity contribution >= 4 is 11.9 Å². The van der Waals surface area contributed by atoms with E-state index in [9.17, 15) is 9.59 Å². The molecule has 0 aliphatic heterocycles. The number of carboxylic acid groups (broad SMARTS) is 1. The van der Waals surface area contributed by atoms with Crippen LogP contribution in [0.15, 0.2) is 0 Å². The summed E-state index contributed by atoms with van der Waals surface area (Å²) in [5.74, 6) is -0.406. The molecule has 0 aliphatic rings. The van der Waals surface area contributed by atoms with E-state index in [1.807, 2.05) is 0 Å². The van der Waals surface area contributed by atoms with Crippen LogP contribution in [0.2, 0.25) is 0 Å². The van der Waals surface area contributed by atoms with Gasteiger partial charge in [-0.15, -0.1) is 0 Å². The van der Waals surface area contributed by atoms with Gasteiger partial charge in [0.05, 0.1) is 6.42 Å². The van der Waals surface area contributed by atoms with Gasteiger partial charge in [0, 0.05) is 13.0 Å². The van der Waals surface area contributed by atoms with Crippen LogP contribution in [0.1, 0.15) is 46.5 Å². The van der Waals surface area contributed by atoms with Crippen molar-refractivity contribution in [1.29, 1.82) is 0 Å². The van der Waals surface area contributed by atoms with E-state index in [0.717, 1.165) is 19.3 Å². The molecule has 0 rings (SSSR count). The summed E-state index contributed by atoms with van der Waals surface area (Å²) in [6.07, 6.45) is 2.77. The van der Waals surface area contributed by atoms with Crippen molar-refractivity contribution < 1.29 is 14.7 Å². The van der Waals surface area contributed by atoms with Crippen LogP contribution in [-0.4, -0.2) is 23.0 Å². The minimum atomic E-state index is -0.863. The first-order valence-corrected chi connectivity index (χ1v) is 5.40. The average molecular weight is 215 g/mol. The minimum absolute atomic E-state index is 0.0116. The van der Waals surface area contributed by atoms with Gasteiger partial charge in [-0.25, -0.2) is 0 Å². The molecule has 1 atom stereocenters. The maximum absolute atomic E-state index is 10.8. The molecular weight excluding hydrogens is 194 g/mol. The van der Waals surface area contributed by atoms with E-state index < -0.39 is 5.97 Å². The van der Waals surface area contributed by atoms with E-state index in [-0.39, 0.29) is 18.4 Å². The van der Waals surface area contributed by atoms with Crippen molar-refractivity contribution in [2.24, 2.45) is 5.92 Å². The third-order valence-corrected chi connectivity index (χ3v) is 2.16. The molecule has 0 aromatic heterocycles. The average Bonchev–Trinajstić information content (AvgIpc) is 2.00. The number of rotatable bonds is 7. The first-order valence-electron chi connectivity index (χ1n) is 5.40. The Labute approximate surface area is 91.1 Å². The van der Waals surface area contributed by atoms with Gasteiger partial charge in [0.25, 0.3) is 0 Å². The molecule has 0 aromatic carbocycles. The van der Waals surface area contributed by atoms with Crippen molar-refractivity contribution in [1.82, 2.24) is 5.32 Å². The number of nitrogens with one attached hydrogen (secondary N) is 1. The van der Waals surface area contributed by atoms with Crippen LogP contribution in [0.5, 0.6) is 0 Å². The van der Waals surface area contributed by atoms with Gasteiger partial charge in [-0.2, -0.15) is 0 Å². The fourth-order valence-corrected chi connectivity index (χ4v) is 1.50. The van der Waals surface area contributed by atoms with Crippen molar-refractivity contribution in [3.05, 3.63) is 0 Å². The normalized spacial score (nSPS) is 12.5. The fourth-order valence-electron chi connectivity index (χ4n) is 1.50. The summed E-state index contributed by atoms with van der Waals surface area (Å²) in [6, 6.07) is -0.223. The lowest BCUT2D eigenvalue weighted by Gasteiger charge is -2.16. The summed E-state index contributed by atoms with van der Waals surface area (Å²) < 4.78 is 0. The van der Waals surface area contributed by atoms with E-state index in [2.05, 4.69) is 19.2 Å². The monoisotopic (exact) mass is 215 g/mol. The molecule has 15 heavy (non-hydrogen) atoms. The first kappa shape index (κ1) is 13.9. The molecule has 4 nitrogen and oxygen atoms in total. The Morgan fingerprint density at radius 1 is 1.27 bits per heavy atom. The maximum atomic E-state index is 10.8. The predicted molar refractivity (Wildman–Crippen MR) is 58.5 cm³/mol. The van der Waals surface area contributed by atoms with Gasteiger partial charge in [-0.1, -0.05) is 26.7 Å². The van der Waals surface area contributed by atoms with Gasteiger partial charge < -0.3 is 10.4 Å². The molecule has 1 unspecified atom stereocenters. The van der Waals surface area contributed by atoms with Crippen molar-refractivity contribution in [3.63, 3.8) is 0 Å². The Bertz CT molecular complexity index is 198. The highest BCUT2D eigenvalue weighted by atomic mass is 16.4. The number of carbonyl (C=O) groups excluding carboxylic acids is 1. The van der Waals surface area contributed by atoms with Crippen LogP contribution in [0.3, 0.4) is 0 Å². The third kappa shape index (κ3) is 9.25. The molecular formula is C11H21NO3. The predicted octanol–water partition coefficient (Wildman–Crippen LogP) is 1.79. The summed E-state index contributed by atoms with van der Waals surface area (Å²) >= 11 is 0. The lowest BCUT2D eigenvalue weighted by atomic mass is 10.0. The van der Waals surface area contributed by atoms with Crippen LogP contribution in [0, 0.1) is 5.92 Å². The Balaban J connectivity index is 3.89. The lowest BCUT2D eigenvalue weighted by molar-refractivity contribution is -0.137. The molecule has 1 amide bonds. The van der Waals surface area contributed by atoms with Gasteiger partial charge >= 0.3 is 5.97 Å². The van der Waals surface area contributed by atoms with Crippen LogP contribution < -0.4 is 5.32 Å².